The van der Waals surface area contributed by atoms with Crippen LogP contribution in [-0.2, 0) is 0 Å². The third-order valence-electron chi connectivity index (χ3n) is 5.31. The lowest BCUT2D eigenvalue weighted by Crippen LogP contribution is -2.00. The monoisotopic (exact) mass is 411 g/mol. The Kier molecular flexibility index (Phi) is 4.67. The zero-order valence-electron chi connectivity index (χ0n) is 17.5. The molecular weight excluding hydrogens is 390 g/mol. The molecule has 6 nitrogen and oxygen atoms in total. The molecule has 5 rings (SSSR count). The van der Waals surface area contributed by atoms with E-state index in [2.05, 4.69) is 10.5 Å². The lowest BCUT2D eigenvalue weighted by Gasteiger charge is -2.16. The molecule has 0 N–H and O–H groups in total. The van der Waals surface area contributed by atoms with Crippen molar-refractivity contribution in [1.29, 1.82) is 0 Å². The maximum absolute atomic E-state index is 5.59. The van der Waals surface area contributed by atoms with Crippen LogP contribution in [0.15, 0.2) is 72.8 Å². The molecule has 0 spiro atoms. The molecule has 0 unspecified atom stereocenters. The number of hydrogen-bond donors (Lipinski definition) is 0. The second kappa shape index (κ2) is 7.65. The minimum absolute atomic E-state index is 0.554. The zero-order chi connectivity index (χ0) is 21.4. The molecule has 0 radical (unpaired) electrons. The number of aromatic nitrogens is 3. The largest absolute Gasteiger partial charge is 0.493 e. The first kappa shape index (κ1) is 18.9. The van der Waals surface area contributed by atoms with Gasteiger partial charge in [0.2, 0.25) is 11.5 Å². The van der Waals surface area contributed by atoms with Crippen molar-refractivity contribution in [2.24, 2.45) is 0 Å². The number of para-hydroxylation sites is 2. The van der Waals surface area contributed by atoms with E-state index in [-0.39, 0.29) is 0 Å². The van der Waals surface area contributed by atoms with E-state index in [1.54, 1.807) is 21.3 Å². The lowest BCUT2D eigenvalue weighted by molar-refractivity contribution is 0.324. The average molecular weight is 411 g/mol. The summed E-state index contributed by atoms with van der Waals surface area (Å²) in [6.07, 6.45) is 0. The normalized spacial score (nSPS) is 11.1. The molecule has 0 amide bonds. The molecule has 0 aliphatic rings. The van der Waals surface area contributed by atoms with Crippen molar-refractivity contribution in [1.82, 2.24) is 14.4 Å². The third-order valence-corrected chi connectivity index (χ3v) is 5.31. The topological polar surface area (TPSA) is 57.9 Å². The molecule has 0 saturated carbocycles. The smallest absolute Gasteiger partial charge is 0.235 e. The number of benzene rings is 3. The first-order valence-corrected chi connectivity index (χ1v) is 9.87. The molecule has 154 valence electrons. The van der Waals surface area contributed by atoms with E-state index in [0.29, 0.717) is 23.0 Å². The molecule has 0 bridgehead atoms. The van der Waals surface area contributed by atoms with Crippen LogP contribution in [-0.4, -0.2) is 35.7 Å². The number of ether oxygens (including phenoxy) is 3. The fraction of sp³-hybridized carbons (Fsp3) is 0.120. The predicted octanol–water partition coefficient (Wildman–Crippen LogP) is 5.24. The zero-order valence-corrected chi connectivity index (χ0v) is 17.5. The van der Waals surface area contributed by atoms with E-state index in [9.17, 15) is 0 Å². The van der Waals surface area contributed by atoms with Crippen LogP contribution < -0.4 is 14.2 Å². The summed E-state index contributed by atoms with van der Waals surface area (Å²) in [6.45, 7) is 0. The maximum atomic E-state index is 5.59. The molecule has 0 saturated heterocycles. The van der Waals surface area contributed by atoms with Gasteiger partial charge in [-0.3, -0.25) is 4.40 Å². The highest BCUT2D eigenvalue weighted by molar-refractivity contribution is 5.85. The van der Waals surface area contributed by atoms with Gasteiger partial charge in [0.25, 0.3) is 0 Å². The molecule has 3 aromatic carbocycles. The Morgan fingerprint density at radius 1 is 0.677 bits per heavy atom. The maximum Gasteiger partial charge on any atom is 0.235 e. The lowest BCUT2D eigenvalue weighted by atomic mass is 10.1. The Hall–Kier alpha value is -4.06. The highest BCUT2D eigenvalue weighted by Gasteiger charge is 2.19. The molecule has 0 aliphatic heterocycles. The predicted molar refractivity (Wildman–Crippen MR) is 121 cm³/mol. The van der Waals surface area contributed by atoms with E-state index >= 15 is 0 Å². The van der Waals surface area contributed by atoms with Gasteiger partial charge in [-0.2, -0.15) is 0 Å². The van der Waals surface area contributed by atoms with Crippen LogP contribution in [0.4, 0.5) is 0 Å². The quantitative estimate of drug-likeness (QED) is 0.396. The molecule has 0 aliphatic carbocycles. The van der Waals surface area contributed by atoms with Crippen LogP contribution in [0.2, 0.25) is 0 Å². The van der Waals surface area contributed by atoms with Gasteiger partial charge >= 0.3 is 0 Å². The summed E-state index contributed by atoms with van der Waals surface area (Å²) in [4.78, 5) is 9.62. The van der Waals surface area contributed by atoms with Gasteiger partial charge in [-0.05, 0) is 30.3 Å². The van der Waals surface area contributed by atoms with Gasteiger partial charge in [-0.25, -0.2) is 9.97 Å². The molecule has 6 heteroatoms. The second-order valence-corrected chi connectivity index (χ2v) is 7.04. The van der Waals surface area contributed by atoms with Gasteiger partial charge in [-0.1, -0.05) is 42.5 Å². The second-order valence-electron chi connectivity index (χ2n) is 7.04. The molecule has 31 heavy (non-hydrogen) atoms. The fourth-order valence-corrected chi connectivity index (χ4v) is 3.86. The van der Waals surface area contributed by atoms with Crippen LogP contribution in [0.1, 0.15) is 0 Å². The summed E-state index contributed by atoms with van der Waals surface area (Å²) in [7, 11) is 4.83. The van der Waals surface area contributed by atoms with Gasteiger partial charge in [0.15, 0.2) is 11.5 Å². The third kappa shape index (κ3) is 3.13. The van der Waals surface area contributed by atoms with Crippen molar-refractivity contribution >= 4 is 16.8 Å². The van der Waals surface area contributed by atoms with E-state index < -0.39 is 0 Å². The van der Waals surface area contributed by atoms with E-state index in [1.807, 2.05) is 66.7 Å². The molecule has 0 atom stereocenters. The first-order chi connectivity index (χ1) is 15.2. The van der Waals surface area contributed by atoms with Crippen LogP contribution in [0.5, 0.6) is 17.2 Å². The van der Waals surface area contributed by atoms with E-state index in [4.69, 9.17) is 24.2 Å². The minimum atomic E-state index is 0.554. The number of methoxy groups -OCH3 is 3. The van der Waals surface area contributed by atoms with E-state index in [1.165, 1.54) is 0 Å². The Labute approximate surface area is 179 Å². The van der Waals surface area contributed by atoms with Crippen molar-refractivity contribution in [3.8, 4) is 39.8 Å². The highest BCUT2D eigenvalue weighted by atomic mass is 16.5. The van der Waals surface area contributed by atoms with Crippen molar-refractivity contribution in [2.45, 2.75) is 0 Å². The highest BCUT2D eigenvalue weighted by Crippen LogP contribution is 2.42. The van der Waals surface area contributed by atoms with Crippen LogP contribution >= 0.6 is 0 Å². The summed E-state index contributed by atoms with van der Waals surface area (Å²) in [6, 6.07) is 24.0. The fourth-order valence-electron chi connectivity index (χ4n) is 3.86. The average Bonchev–Trinajstić information content (AvgIpc) is 3.21. The van der Waals surface area contributed by atoms with Crippen LogP contribution in [0, 0.1) is 0 Å². The van der Waals surface area contributed by atoms with Crippen LogP contribution in [0.3, 0.4) is 0 Å². The number of rotatable bonds is 5. The Balaban J connectivity index is 1.87. The van der Waals surface area contributed by atoms with Gasteiger partial charge in [0.1, 0.15) is 0 Å². The van der Waals surface area contributed by atoms with Crippen molar-refractivity contribution in [3.63, 3.8) is 0 Å². The summed E-state index contributed by atoms with van der Waals surface area (Å²) >= 11 is 0. The van der Waals surface area contributed by atoms with Crippen molar-refractivity contribution < 1.29 is 14.2 Å². The number of nitrogens with zero attached hydrogens (tertiary/aromatic N) is 3. The SMILES string of the molecule is COc1cc(-c2cc(-c3ccccc3)nc3nc4ccccc4n23)cc(OC)c1OC. The van der Waals surface area contributed by atoms with E-state index in [0.717, 1.165) is 33.5 Å². The van der Waals surface area contributed by atoms with Gasteiger partial charge in [0, 0.05) is 11.1 Å². The van der Waals surface area contributed by atoms with Gasteiger partial charge in [-0.15, -0.1) is 0 Å². The minimum Gasteiger partial charge on any atom is -0.493 e. The summed E-state index contributed by atoms with van der Waals surface area (Å²) < 4.78 is 18.7. The Bertz CT molecular complexity index is 1370. The summed E-state index contributed by atoms with van der Waals surface area (Å²) in [5.74, 6) is 2.36. The Morgan fingerprint density at radius 3 is 2.03 bits per heavy atom. The number of hydrogen-bond acceptors (Lipinski definition) is 5. The summed E-state index contributed by atoms with van der Waals surface area (Å²) in [5.41, 5.74) is 5.55. The van der Waals surface area contributed by atoms with Crippen LogP contribution in [0.25, 0.3) is 39.3 Å². The van der Waals surface area contributed by atoms with Gasteiger partial charge < -0.3 is 14.2 Å². The first-order valence-electron chi connectivity index (χ1n) is 9.87. The Morgan fingerprint density at radius 2 is 1.35 bits per heavy atom. The molecule has 0 fully saturated rings. The molecule has 2 heterocycles. The number of imidazole rings is 1. The molecular formula is C25H21N3O3. The summed E-state index contributed by atoms with van der Waals surface area (Å²) in [5, 5.41) is 0. The molecule has 2 aromatic heterocycles. The molecule has 5 aromatic rings. The number of fused-ring (bicyclic) bond motifs is 3. The standard InChI is InChI=1S/C25H21N3O3/c1-29-22-13-17(14-23(30-2)24(22)31-3)21-15-19(16-9-5-4-6-10-16)27-25-26-18-11-7-8-12-20(18)28(21)25/h4-15H,1-3H3. The van der Waals surface area contributed by atoms with Crippen molar-refractivity contribution in [3.05, 3.63) is 72.8 Å². The van der Waals surface area contributed by atoms with Crippen molar-refractivity contribution in [2.75, 3.05) is 21.3 Å². The van der Waals surface area contributed by atoms with Gasteiger partial charge in [0.05, 0.1) is 43.8 Å².